The molecule has 0 spiro atoms. The van der Waals surface area contributed by atoms with E-state index in [1.165, 1.54) is 24.2 Å². The number of halogens is 1. The molecule has 2 aromatic rings. The third-order valence-electron chi connectivity index (χ3n) is 3.65. The Hall–Kier alpha value is -1.32. The number of rotatable bonds is 4. The number of carbonyl (C=O) groups is 1. The lowest BCUT2D eigenvalue weighted by Gasteiger charge is -2.11. The van der Waals surface area contributed by atoms with Crippen LogP contribution in [0.3, 0.4) is 0 Å². The van der Waals surface area contributed by atoms with Crippen LogP contribution in [0, 0.1) is 5.92 Å². The van der Waals surface area contributed by atoms with E-state index in [4.69, 9.17) is 11.6 Å². The van der Waals surface area contributed by atoms with Crippen molar-refractivity contribution >= 4 is 28.8 Å². The first kappa shape index (κ1) is 13.7. The summed E-state index contributed by atoms with van der Waals surface area (Å²) in [5.74, 6) is 0.712. The predicted molar refractivity (Wildman–Crippen MR) is 84.4 cm³/mol. The van der Waals surface area contributed by atoms with E-state index in [0.29, 0.717) is 5.92 Å². The second kappa shape index (κ2) is 5.58. The first-order valence-corrected chi connectivity index (χ1v) is 7.99. The fourth-order valence-corrected chi connectivity index (χ4v) is 3.26. The van der Waals surface area contributed by atoms with Gasteiger partial charge in [0.15, 0.2) is 0 Å². The van der Waals surface area contributed by atoms with Crippen LogP contribution in [-0.4, -0.2) is 11.9 Å². The molecule has 1 aromatic heterocycles. The Bertz CT molecular complexity index is 616. The van der Waals surface area contributed by atoms with Crippen molar-refractivity contribution in [3.05, 3.63) is 46.3 Å². The first-order valence-electron chi connectivity index (χ1n) is 6.80. The van der Waals surface area contributed by atoms with Gasteiger partial charge in [0.25, 0.3) is 5.91 Å². The molecule has 20 heavy (non-hydrogen) atoms. The molecular weight excluding hydrogens is 290 g/mol. The van der Waals surface area contributed by atoms with E-state index >= 15 is 0 Å². The van der Waals surface area contributed by atoms with Crippen LogP contribution < -0.4 is 5.32 Å². The third-order valence-corrected chi connectivity index (χ3v) is 5.03. The number of thiophene rings is 1. The van der Waals surface area contributed by atoms with Crippen LogP contribution in [0.1, 0.15) is 29.4 Å². The summed E-state index contributed by atoms with van der Waals surface area (Å²) in [4.78, 5) is 14.0. The van der Waals surface area contributed by atoms with Gasteiger partial charge in [0.1, 0.15) is 0 Å². The highest BCUT2D eigenvalue weighted by atomic mass is 35.5. The molecule has 0 saturated heterocycles. The number of nitrogens with one attached hydrogen (secondary N) is 1. The maximum Gasteiger partial charge on any atom is 0.261 e. The minimum absolute atomic E-state index is 0.0367. The van der Waals surface area contributed by atoms with Crippen molar-refractivity contribution in [3.8, 4) is 10.4 Å². The van der Waals surface area contributed by atoms with E-state index in [-0.39, 0.29) is 11.9 Å². The maximum absolute atomic E-state index is 12.2. The molecule has 1 aliphatic rings. The highest BCUT2D eigenvalue weighted by molar-refractivity contribution is 7.17. The molecule has 1 aromatic carbocycles. The van der Waals surface area contributed by atoms with Gasteiger partial charge < -0.3 is 5.32 Å². The molecule has 3 rings (SSSR count). The fourth-order valence-electron chi connectivity index (χ4n) is 2.22. The Morgan fingerprint density at radius 2 is 1.95 bits per heavy atom. The van der Waals surface area contributed by atoms with Crippen molar-refractivity contribution in [3.63, 3.8) is 0 Å². The SMILES string of the molecule is C[C@@H](NC(=O)c1ccc(-c2ccc(Cl)cc2)s1)C1CC1. The van der Waals surface area contributed by atoms with Crippen LogP contribution in [-0.2, 0) is 0 Å². The van der Waals surface area contributed by atoms with Crippen LogP contribution in [0.25, 0.3) is 10.4 Å². The summed E-state index contributed by atoms with van der Waals surface area (Å²) in [6.07, 6.45) is 2.48. The lowest BCUT2D eigenvalue weighted by atomic mass is 10.2. The summed E-state index contributed by atoms with van der Waals surface area (Å²) in [6.45, 7) is 2.09. The van der Waals surface area contributed by atoms with Gasteiger partial charge in [-0.15, -0.1) is 11.3 Å². The van der Waals surface area contributed by atoms with E-state index in [2.05, 4.69) is 12.2 Å². The van der Waals surface area contributed by atoms with E-state index in [1.54, 1.807) is 0 Å². The van der Waals surface area contributed by atoms with Crippen LogP contribution in [0.2, 0.25) is 5.02 Å². The van der Waals surface area contributed by atoms with Crippen LogP contribution >= 0.6 is 22.9 Å². The predicted octanol–water partition coefficient (Wildman–Crippen LogP) is 4.60. The minimum atomic E-state index is 0.0367. The monoisotopic (exact) mass is 305 g/mol. The van der Waals surface area contributed by atoms with Gasteiger partial charge in [-0.2, -0.15) is 0 Å². The standard InChI is InChI=1S/C16H16ClNOS/c1-10(11-2-3-11)18-16(19)15-9-8-14(20-15)12-4-6-13(17)7-5-12/h4-11H,2-3H2,1H3,(H,18,19)/t10-/m1/s1. The first-order chi connectivity index (χ1) is 9.63. The summed E-state index contributed by atoms with van der Waals surface area (Å²) in [5, 5.41) is 3.81. The third kappa shape index (κ3) is 3.05. The van der Waals surface area contributed by atoms with Gasteiger partial charge in [0, 0.05) is 15.9 Å². The normalized spacial score (nSPS) is 15.9. The molecule has 1 fully saturated rings. The second-order valence-corrected chi connectivity index (χ2v) is 6.79. The minimum Gasteiger partial charge on any atom is -0.349 e. The Morgan fingerprint density at radius 1 is 1.25 bits per heavy atom. The Balaban J connectivity index is 1.72. The molecule has 1 heterocycles. The van der Waals surface area contributed by atoms with Crippen LogP contribution in [0.4, 0.5) is 0 Å². The maximum atomic E-state index is 12.2. The lowest BCUT2D eigenvalue weighted by molar-refractivity contribution is 0.0940. The molecule has 1 saturated carbocycles. The second-order valence-electron chi connectivity index (χ2n) is 5.27. The Labute approximate surface area is 127 Å². The largest absolute Gasteiger partial charge is 0.349 e. The number of carbonyl (C=O) groups excluding carboxylic acids is 1. The van der Waals surface area contributed by atoms with Gasteiger partial charge in [0.2, 0.25) is 0 Å². The molecular formula is C16H16ClNOS. The molecule has 4 heteroatoms. The van der Waals surface area contributed by atoms with Gasteiger partial charge in [-0.1, -0.05) is 23.7 Å². The average Bonchev–Trinajstić information content (AvgIpc) is 3.17. The van der Waals surface area contributed by atoms with Crippen LogP contribution in [0.5, 0.6) is 0 Å². The lowest BCUT2D eigenvalue weighted by Crippen LogP contribution is -2.33. The van der Waals surface area contributed by atoms with Gasteiger partial charge >= 0.3 is 0 Å². The molecule has 0 radical (unpaired) electrons. The quantitative estimate of drug-likeness (QED) is 0.879. The molecule has 0 aliphatic heterocycles. The number of amides is 1. The fraction of sp³-hybridized carbons (Fsp3) is 0.312. The van der Waals surface area contributed by atoms with E-state index in [9.17, 15) is 4.79 Å². The van der Waals surface area contributed by atoms with Crippen LogP contribution in [0.15, 0.2) is 36.4 Å². The molecule has 0 bridgehead atoms. The molecule has 0 unspecified atom stereocenters. The Kier molecular flexibility index (Phi) is 3.81. The summed E-state index contributed by atoms with van der Waals surface area (Å²) >= 11 is 7.41. The Morgan fingerprint density at radius 3 is 2.60 bits per heavy atom. The van der Waals surface area contributed by atoms with Crippen molar-refractivity contribution in [2.75, 3.05) is 0 Å². The summed E-state index contributed by atoms with van der Waals surface area (Å²) in [5.41, 5.74) is 1.09. The average molecular weight is 306 g/mol. The summed E-state index contributed by atoms with van der Waals surface area (Å²) in [7, 11) is 0. The molecule has 104 valence electrons. The zero-order valence-corrected chi connectivity index (χ0v) is 12.8. The van der Waals surface area contributed by atoms with Gasteiger partial charge in [-0.25, -0.2) is 0 Å². The van der Waals surface area contributed by atoms with Gasteiger partial charge in [0.05, 0.1) is 4.88 Å². The van der Waals surface area contributed by atoms with E-state index in [0.717, 1.165) is 20.3 Å². The van der Waals surface area contributed by atoms with Gasteiger partial charge in [-0.3, -0.25) is 4.79 Å². The van der Waals surface area contributed by atoms with Crippen molar-refractivity contribution in [2.24, 2.45) is 5.92 Å². The van der Waals surface area contributed by atoms with E-state index in [1.807, 2.05) is 36.4 Å². The van der Waals surface area contributed by atoms with Crippen molar-refractivity contribution in [2.45, 2.75) is 25.8 Å². The highest BCUT2D eigenvalue weighted by Gasteiger charge is 2.29. The van der Waals surface area contributed by atoms with Gasteiger partial charge in [-0.05, 0) is 55.5 Å². The zero-order valence-electron chi connectivity index (χ0n) is 11.2. The van der Waals surface area contributed by atoms with E-state index < -0.39 is 0 Å². The topological polar surface area (TPSA) is 29.1 Å². The molecule has 1 aliphatic carbocycles. The molecule has 1 atom stereocenters. The summed E-state index contributed by atoms with van der Waals surface area (Å²) < 4.78 is 0. The van der Waals surface area contributed by atoms with Crippen molar-refractivity contribution < 1.29 is 4.79 Å². The number of hydrogen-bond acceptors (Lipinski definition) is 2. The number of benzene rings is 1. The molecule has 1 N–H and O–H groups in total. The molecule has 2 nitrogen and oxygen atoms in total. The van der Waals surface area contributed by atoms with Crippen molar-refractivity contribution in [1.82, 2.24) is 5.32 Å². The zero-order chi connectivity index (χ0) is 14.1. The highest BCUT2D eigenvalue weighted by Crippen LogP contribution is 2.33. The smallest absolute Gasteiger partial charge is 0.261 e. The summed E-state index contributed by atoms with van der Waals surface area (Å²) in [6, 6.07) is 11.8. The van der Waals surface area contributed by atoms with Crippen molar-refractivity contribution in [1.29, 1.82) is 0 Å². The molecule has 1 amide bonds. The number of hydrogen-bond donors (Lipinski definition) is 1.